The van der Waals surface area contributed by atoms with Crippen LogP contribution in [0, 0.1) is 0 Å². The van der Waals surface area contributed by atoms with Crippen LogP contribution in [-0.2, 0) is 4.79 Å². The van der Waals surface area contributed by atoms with Gasteiger partial charge in [0, 0.05) is 75.1 Å². The Morgan fingerprint density at radius 1 is 0.900 bits per heavy atom. The fraction of sp³-hybridized carbons (Fsp3) is 0.424. The topological polar surface area (TPSA) is 60.2 Å². The average molecular weight is 559 g/mol. The summed E-state index contributed by atoms with van der Waals surface area (Å²) in [6, 6.07) is 12.6. The van der Waals surface area contributed by atoms with Crippen molar-refractivity contribution >= 4 is 32.8 Å². The first kappa shape index (κ1) is 28.2. The maximum Gasteiger partial charge on any atom is 0.227 e. The first-order valence-electron chi connectivity index (χ1n) is 14.5. The monoisotopic (exact) mass is 558 g/mol. The van der Waals surface area contributed by atoms with Crippen LogP contribution in [0.4, 0.5) is 5.69 Å². The standard InChI is InChI=1S/C33H42N4O2S/c1-8-39-30-21-35-33-29(15-17-37(33)40(22(2)3,23(4)5)24(6)7)32(30)27-18-26(19-34-20-27)25-11-13-28(14-12-25)36-16-9-10-31(36)38/h11-15,17-24H,8-10,16H2,1-7H3. The summed E-state index contributed by atoms with van der Waals surface area (Å²) in [4.78, 5) is 23.7. The smallest absolute Gasteiger partial charge is 0.227 e. The van der Waals surface area contributed by atoms with E-state index in [4.69, 9.17) is 9.72 Å². The molecule has 0 aliphatic carbocycles. The lowest BCUT2D eigenvalue weighted by Crippen LogP contribution is -2.33. The summed E-state index contributed by atoms with van der Waals surface area (Å²) in [6.07, 6.45) is 9.51. The number of pyridine rings is 2. The second kappa shape index (κ2) is 11.3. The van der Waals surface area contributed by atoms with E-state index in [1.54, 1.807) is 0 Å². The molecule has 4 heterocycles. The third-order valence-corrected chi connectivity index (χ3v) is 13.7. The normalized spacial score (nSPS) is 14.8. The highest BCUT2D eigenvalue weighted by Gasteiger charge is 2.38. The molecule has 0 unspecified atom stereocenters. The molecule has 0 N–H and O–H groups in total. The summed E-state index contributed by atoms with van der Waals surface area (Å²) < 4.78 is 8.63. The fourth-order valence-corrected chi connectivity index (χ4v) is 12.0. The van der Waals surface area contributed by atoms with Crippen molar-refractivity contribution in [3.63, 3.8) is 0 Å². The molecule has 4 aromatic rings. The molecule has 0 spiro atoms. The predicted octanol–water partition coefficient (Wildman–Crippen LogP) is 8.08. The first-order valence-corrected chi connectivity index (χ1v) is 16.3. The van der Waals surface area contributed by atoms with Gasteiger partial charge in [-0.2, -0.15) is 10.2 Å². The molecule has 6 nitrogen and oxygen atoms in total. The number of carbonyl (C=O) groups excluding carboxylic acids is 1. The van der Waals surface area contributed by atoms with Crippen LogP contribution in [0.15, 0.2) is 61.2 Å². The molecule has 0 bridgehead atoms. The Kier molecular flexibility index (Phi) is 7.96. The van der Waals surface area contributed by atoms with E-state index in [2.05, 4.69) is 81.0 Å². The van der Waals surface area contributed by atoms with Crippen molar-refractivity contribution in [2.45, 2.75) is 77.1 Å². The van der Waals surface area contributed by atoms with E-state index in [1.165, 1.54) is 0 Å². The number of hydrogen-bond donors (Lipinski definition) is 0. The average Bonchev–Trinajstić information content (AvgIpc) is 3.55. The van der Waals surface area contributed by atoms with E-state index in [0.717, 1.165) is 57.7 Å². The summed E-state index contributed by atoms with van der Waals surface area (Å²) in [5.74, 6) is 0.973. The third kappa shape index (κ3) is 4.68. The molecular weight excluding hydrogens is 516 g/mol. The molecule has 0 saturated carbocycles. The molecule has 1 fully saturated rings. The van der Waals surface area contributed by atoms with Gasteiger partial charge < -0.3 is 9.64 Å². The Balaban J connectivity index is 1.63. The first-order chi connectivity index (χ1) is 19.2. The third-order valence-electron chi connectivity index (χ3n) is 8.16. The number of amides is 1. The minimum Gasteiger partial charge on any atom is -0.492 e. The number of benzene rings is 1. The highest BCUT2D eigenvalue weighted by Crippen LogP contribution is 2.62. The lowest BCUT2D eigenvalue weighted by atomic mass is 10.00. The van der Waals surface area contributed by atoms with Crippen molar-refractivity contribution in [2.24, 2.45) is 0 Å². The van der Waals surface area contributed by atoms with Crippen LogP contribution in [0.2, 0.25) is 0 Å². The van der Waals surface area contributed by atoms with E-state index in [0.29, 0.717) is 28.8 Å². The number of anilines is 1. The highest BCUT2D eigenvalue weighted by atomic mass is 32.3. The van der Waals surface area contributed by atoms with E-state index >= 15 is 0 Å². The Labute approximate surface area is 240 Å². The van der Waals surface area contributed by atoms with Gasteiger partial charge in [0.05, 0.1) is 12.8 Å². The van der Waals surface area contributed by atoms with Crippen molar-refractivity contribution in [2.75, 3.05) is 18.1 Å². The van der Waals surface area contributed by atoms with Gasteiger partial charge in [0.25, 0.3) is 0 Å². The summed E-state index contributed by atoms with van der Waals surface area (Å²) in [7, 11) is -1.23. The zero-order valence-electron chi connectivity index (χ0n) is 24.8. The lowest BCUT2D eigenvalue weighted by Gasteiger charge is -2.52. The second-order valence-corrected chi connectivity index (χ2v) is 16.0. The minimum atomic E-state index is -1.23. The number of aromatic nitrogens is 3. The molecule has 1 amide bonds. The van der Waals surface area contributed by atoms with Crippen molar-refractivity contribution in [3.8, 4) is 28.0 Å². The highest BCUT2D eigenvalue weighted by molar-refractivity contribution is 8.33. The van der Waals surface area contributed by atoms with Gasteiger partial charge in [-0.25, -0.2) is 4.98 Å². The van der Waals surface area contributed by atoms with E-state index in [1.807, 2.05) is 42.5 Å². The zero-order valence-corrected chi connectivity index (χ0v) is 25.7. The maximum absolute atomic E-state index is 12.2. The molecule has 1 aliphatic rings. The number of fused-ring (bicyclic) bond motifs is 1. The van der Waals surface area contributed by atoms with Gasteiger partial charge in [-0.05, 0) is 43.2 Å². The van der Waals surface area contributed by atoms with Crippen molar-refractivity contribution in [3.05, 3.63) is 61.2 Å². The van der Waals surface area contributed by atoms with Gasteiger partial charge in [-0.3, -0.25) is 13.8 Å². The summed E-state index contributed by atoms with van der Waals surface area (Å²) >= 11 is 0. The van der Waals surface area contributed by atoms with Crippen LogP contribution in [0.3, 0.4) is 0 Å². The van der Waals surface area contributed by atoms with Crippen molar-refractivity contribution in [1.82, 2.24) is 13.9 Å². The van der Waals surface area contributed by atoms with E-state index in [9.17, 15) is 4.79 Å². The Morgan fingerprint density at radius 2 is 1.57 bits per heavy atom. The van der Waals surface area contributed by atoms with Crippen LogP contribution in [0.1, 0.15) is 61.3 Å². The number of nitrogens with zero attached hydrogens (tertiary/aromatic N) is 4. The molecule has 7 heteroatoms. The number of rotatable bonds is 9. The van der Waals surface area contributed by atoms with Gasteiger partial charge in [-0.15, -0.1) is 0 Å². The van der Waals surface area contributed by atoms with Crippen LogP contribution in [-0.4, -0.2) is 48.7 Å². The maximum atomic E-state index is 12.2. The summed E-state index contributed by atoms with van der Waals surface area (Å²) in [5, 5.41) is 2.60. The molecule has 1 aliphatic heterocycles. The largest absolute Gasteiger partial charge is 0.492 e. The predicted molar refractivity (Wildman–Crippen MR) is 170 cm³/mol. The van der Waals surface area contributed by atoms with Crippen LogP contribution < -0.4 is 9.64 Å². The van der Waals surface area contributed by atoms with Crippen LogP contribution >= 0.6 is 10.2 Å². The second-order valence-electron chi connectivity index (χ2n) is 11.3. The SMILES string of the molecule is CCOc1cnc2c(ccn2S(C(C)C)(C(C)C)C(C)C)c1-c1cncc(-c2ccc(N3CCCC3=O)cc2)c1. The lowest BCUT2D eigenvalue weighted by molar-refractivity contribution is -0.117. The van der Waals surface area contributed by atoms with E-state index < -0.39 is 10.2 Å². The molecule has 5 rings (SSSR count). The number of hydrogen-bond acceptors (Lipinski definition) is 4. The van der Waals surface area contributed by atoms with Gasteiger partial charge in [0.15, 0.2) is 0 Å². The molecule has 0 atom stereocenters. The molecule has 3 aromatic heterocycles. The van der Waals surface area contributed by atoms with E-state index in [-0.39, 0.29) is 5.91 Å². The summed E-state index contributed by atoms with van der Waals surface area (Å²) in [6.45, 7) is 17.5. The Bertz CT molecular complexity index is 1490. The Morgan fingerprint density at radius 3 is 2.17 bits per heavy atom. The van der Waals surface area contributed by atoms with Crippen molar-refractivity contribution in [1.29, 1.82) is 0 Å². The minimum absolute atomic E-state index is 0.201. The number of ether oxygens (including phenoxy) is 1. The molecule has 1 saturated heterocycles. The molecule has 0 radical (unpaired) electrons. The zero-order chi connectivity index (χ0) is 28.6. The molecule has 1 aromatic carbocycles. The van der Waals surface area contributed by atoms with Crippen LogP contribution in [0.5, 0.6) is 5.75 Å². The Hall–Kier alpha value is -3.32. The molecule has 212 valence electrons. The fourth-order valence-electron chi connectivity index (χ4n) is 6.67. The molecular formula is C33H42N4O2S. The number of carbonyl (C=O) groups is 1. The van der Waals surface area contributed by atoms with Crippen molar-refractivity contribution < 1.29 is 9.53 Å². The van der Waals surface area contributed by atoms with Gasteiger partial charge in [-0.1, -0.05) is 53.7 Å². The van der Waals surface area contributed by atoms with Crippen LogP contribution in [0.25, 0.3) is 33.3 Å². The molecule has 40 heavy (non-hydrogen) atoms. The van der Waals surface area contributed by atoms with Gasteiger partial charge in [0.1, 0.15) is 11.4 Å². The quantitative estimate of drug-likeness (QED) is 0.208. The summed E-state index contributed by atoms with van der Waals surface area (Å²) in [5.41, 5.74) is 6.09. The van der Waals surface area contributed by atoms with Gasteiger partial charge in [0.2, 0.25) is 5.91 Å². The van der Waals surface area contributed by atoms with Gasteiger partial charge >= 0.3 is 0 Å².